The van der Waals surface area contributed by atoms with Crippen LogP contribution in [0.4, 0.5) is 4.79 Å². The van der Waals surface area contributed by atoms with E-state index in [-0.39, 0.29) is 0 Å². The number of aliphatic carboxylic acids is 1. The van der Waals surface area contributed by atoms with Gasteiger partial charge in [0, 0.05) is 5.75 Å². The molecular formula is C11H19NO4S. The summed E-state index contributed by atoms with van der Waals surface area (Å²) >= 11 is 1.54. The third-order valence-corrected chi connectivity index (χ3v) is 3.66. The standard InChI is InChI=1S/C11H19NO4S/c1-10(2,3)16-9(15)12-11(8(13)14)5-4-6-17-7-11/h4-7H2,1-3H3,(H,12,15)(H,13,14). The molecule has 98 valence electrons. The van der Waals surface area contributed by atoms with E-state index in [4.69, 9.17) is 4.74 Å². The minimum atomic E-state index is -1.18. The Morgan fingerprint density at radius 2 is 2.06 bits per heavy atom. The number of amides is 1. The van der Waals surface area contributed by atoms with Crippen LogP contribution in [-0.4, -0.2) is 39.8 Å². The zero-order valence-corrected chi connectivity index (χ0v) is 11.2. The van der Waals surface area contributed by atoms with Crippen molar-refractivity contribution in [2.24, 2.45) is 0 Å². The highest BCUT2D eigenvalue weighted by Gasteiger charge is 2.42. The van der Waals surface area contributed by atoms with Gasteiger partial charge in [-0.2, -0.15) is 11.8 Å². The summed E-state index contributed by atoms with van der Waals surface area (Å²) in [6.45, 7) is 5.24. The number of alkyl carbamates (subject to hydrolysis) is 1. The van der Waals surface area contributed by atoms with Gasteiger partial charge in [-0.05, 0) is 39.4 Å². The van der Waals surface area contributed by atoms with Crippen LogP contribution in [-0.2, 0) is 9.53 Å². The number of thioether (sulfide) groups is 1. The topological polar surface area (TPSA) is 75.6 Å². The normalized spacial score (nSPS) is 25.1. The number of carbonyl (C=O) groups is 2. The lowest BCUT2D eigenvalue weighted by molar-refractivity contribution is -0.144. The van der Waals surface area contributed by atoms with Crippen molar-refractivity contribution in [3.8, 4) is 0 Å². The van der Waals surface area contributed by atoms with Crippen LogP contribution in [0.15, 0.2) is 0 Å². The van der Waals surface area contributed by atoms with Crippen LogP contribution >= 0.6 is 11.8 Å². The number of carbonyl (C=O) groups excluding carboxylic acids is 1. The van der Waals surface area contributed by atoms with E-state index in [0.29, 0.717) is 12.2 Å². The summed E-state index contributed by atoms with van der Waals surface area (Å²) in [6, 6.07) is 0. The van der Waals surface area contributed by atoms with Crippen LogP contribution in [0.1, 0.15) is 33.6 Å². The zero-order valence-electron chi connectivity index (χ0n) is 10.4. The molecule has 0 aromatic carbocycles. The van der Waals surface area contributed by atoms with Crippen LogP contribution in [0, 0.1) is 0 Å². The largest absolute Gasteiger partial charge is 0.479 e. The van der Waals surface area contributed by atoms with Crippen LogP contribution in [0.25, 0.3) is 0 Å². The molecule has 1 saturated heterocycles. The first-order valence-electron chi connectivity index (χ1n) is 5.57. The molecule has 0 aromatic heterocycles. The molecule has 5 nitrogen and oxygen atoms in total. The minimum absolute atomic E-state index is 0.390. The molecule has 2 N–H and O–H groups in total. The lowest BCUT2D eigenvalue weighted by Gasteiger charge is -2.34. The van der Waals surface area contributed by atoms with E-state index in [2.05, 4.69) is 5.32 Å². The molecule has 1 fully saturated rings. The van der Waals surface area contributed by atoms with Gasteiger partial charge in [-0.1, -0.05) is 0 Å². The third kappa shape index (κ3) is 4.11. The first kappa shape index (κ1) is 14.2. The molecule has 1 aliphatic rings. The van der Waals surface area contributed by atoms with Gasteiger partial charge in [0.1, 0.15) is 11.1 Å². The van der Waals surface area contributed by atoms with Crippen LogP contribution in [0.3, 0.4) is 0 Å². The van der Waals surface area contributed by atoms with E-state index in [9.17, 15) is 14.7 Å². The fraction of sp³-hybridized carbons (Fsp3) is 0.818. The molecule has 1 rings (SSSR count). The second kappa shape index (κ2) is 5.16. The van der Waals surface area contributed by atoms with E-state index in [1.54, 1.807) is 20.8 Å². The Morgan fingerprint density at radius 1 is 1.41 bits per heavy atom. The molecule has 1 amide bonds. The van der Waals surface area contributed by atoms with Crippen LogP contribution < -0.4 is 5.32 Å². The van der Waals surface area contributed by atoms with Crippen molar-refractivity contribution in [2.45, 2.75) is 44.8 Å². The molecule has 0 saturated carbocycles. The van der Waals surface area contributed by atoms with Gasteiger partial charge >= 0.3 is 12.1 Å². The number of hydrogen-bond donors (Lipinski definition) is 2. The molecular weight excluding hydrogens is 242 g/mol. The van der Waals surface area contributed by atoms with Crippen molar-refractivity contribution in [3.05, 3.63) is 0 Å². The lowest BCUT2D eigenvalue weighted by Crippen LogP contribution is -2.58. The Kier molecular flexibility index (Phi) is 4.30. The molecule has 1 aliphatic heterocycles. The molecule has 0 bridgehead atoms. The van der Waals surface area contributed by atoms with E-state index in [1.165, 1.54) is 11.8 Å². The molecule has 6 heteroatoms. The van der Waals surface area contributed by atoms with Crippen molar-refractivity contribution in [2.75, 3.05) is 11.5 Å². The van der Waals surface area contributed by atoms with Gasteiger partial charge < -0.3 is 15.2 Å². The third-order valence-electron chi connectivity index (χ3n) is 2.39. The highest BCUT2D eigenvalue weighted by molar-refractivity contribution is 7.99. The number of carboxylic acids is 1. The van der Waals surface area contributed by atoms with Gasteiger partial charge in [0.25, 0.3) is 0 Å². The van der Waals surface area contributed by atoms with E-state index < -0.39 is 23.2 Å². The van der Waals surface area contributed by atoms with Crippen molar-refractivity contribution in [1.82, 2.24) is 5.32 Å². The highest BCUT2D eigenvalue weighted by Crippen LogP contribution is 2.27. The maximum Gasteiger partial charge on any atom is 0.408 e. The van der Waals surface area contributed by atoms with Crippen molar-refractivity contribution < 1.29 is 19.4 Å². The predicted molar refractivity (Wildman–Crippen MR) is 66.3 cm³/mol. The molecule has 0 radical (unpaired) electrons. The van der Waals surface area contributed by atoms with Gasteiger partial charge in [-0.25, -0.2) is 9.59 Å². The summed E-state index contributed by atoms with van der Waals surface area (Å²) in [7, 11) is 0. The van der Waals surface area contributed by atoms with Crippen LogP contribution in [0.2, 0.25) is 0 Å². The van der Waals surface area contributed by atoms with Crippen molar-refractivity contribution >= 4 is 23.8 Å². The number of ether oxygens (including phenoxy) is 1. The average Bonchev–Trinajstić information content (AvgIpc) is 2.15. The van der Waals surface area contributed by atoms with Gasteiger partial charge in [0.2, 0.25) is 0 Å². The van der Waals surface area contributed by atoms with Crippen LogP contribution in [0.5, 0.6) is 0 Å². The second-order valence-corrected chi connectivity index (χ2v) is 6.28. The summed E-state index contributed by atoms with van der Waals surface area (Å²) in [5.41, 5.74) is -1.79. The maximum absolute atomic E-state index is 11.6. The summed E-state index contributed by atoms with van der Waals surface area (Å²) in [5, 5.41) is 11.8. The quantitative estimate of drug-likeness (QED) is 0.793. The summed E-state index contributed by atoms with van der Waals surface area (Å²) in [6.07, 6.45) is 0.573. The van der Waals surface area contributed by atoms with Gasteiger partial charge in [0.15, 0.2) is 0 Å². The van der Waals surface area contributed by atoms with E-state index in [1.807, 2.05) is 0 Å². The monoisotopic (exact) mass is 261 g/mol. The Morgan fingerprint density at radius 3 is 2.47 bits per heavy atom. The Balaban J connectivity index is 2.67. The molecule has 1 unspecified atom stereocenters. The van der Waals surface area contributed by atoms with Gasteiger partial charge in [-0.15, -0.1) is 0 Å². The molecule has 1 atom stereocenters. The molecule has 0 aliphatic carbocycles. The number of hydrogen-bond acceptors (Lipinski definition) is 4. The number of carboxylic acid groups (broad SMARTS) is 1. The average molecular weight is 261 g/mol. The number of nitrogens with one attached hydrogen (secondary N) is 1. The fourth-order valence-corrected chi connectivity index (χ4v) is 2.80. The fourth-order valence-electron chi connectivity index (χ4n) is 1.61. The molecule has 0 aromatic rings. The summed E-state index contributed by atoms with van der Waals surface area (Å²) in [5.74, 6) is 0.336. The number of rotatable bonds is 2. The zero-order chi connectivity index (χ0) is 13.1. The Hall–Kier alpha value is -0.910. The smallest absolute Gasteiger partial charge is 0.408 e. The first-order valence-corrected chi connectivity index (χ1v) is 6.73. The predicted octanol–water partition coefficient (Wildman–Crippen LogP) is 1.86. The molecule has 1 heterocycles. The molecule has 0 spiro atoms. The Labute approximate surface area is 105 Å². The SMILES string of the molecule is CC(C)(C)OC(=O)NC1(C(=O)O)CCCSC1. The van der Waals surface area contributed by atoms with E-state index >= 15 is 0 Å². The highest BCUT2D eigenvalue weighted by atomic mass is 32.2. The van der Waals surface area contributed by atoms with Crippen molar-refractivity contribution in [1.29, 1.82) is 0 Å². The van der Waals surface area contributed by atoms with Gasteiger partial charge in [-0.3, -0.25) is 0 Å². The van der Waals surface area contributed by atoms with E-state index in [0.717, 1.165) is 12.2 Å². The minimum Gasteiger partial charge on any atom is -0.479 e. The van der Waals surface area contributed by atoms with Crippen molar-refractivity contribution in [3.63, 3.8) is 0 Å². The first-order chi connectivity index (χ1) is 7.75. The summed E-state index contributed by atoms with van der Waals surface area (Å²) < 4.78 is 5.09. The maximum atomic E-state index is 11.6. The summed E-state index contributed by atoms with van der Waals surface area (Å²) in [4.78, 5) is 22.9. The molecule has 17 heavy (non-hydrogen) atoms. The second-order valence-electron chi connectivity index (χ2n) is 5.17. The van der Waals surface area contributed by atoms with Gasteiger partial charge in [0.05, 0.1) is 0 Å². The lowest BCUT2D eigenvalue weighted by atomic mass is 9.96. The Bertz CT molecular complexity index is 305.